The number of hydrogen-bond acceptors (Lipinski definition) is 4. The Morgan fingerprint density at radius 2 is 1.93 bits per heavy atom. The lowest BCUT2D eigenvalue weighted by Crippen LogP contribution is -2.55. The van der Waals surface area contributed by atoms with Crippen molar-refractivity contribution in [3.63, 3.8) is 0 Å². The molecule has 8 heteroatoms. The summed E-state index contributed by atoms with van der Waals surface area (Å²) in [4.78, 5) is 48.6. The van der Waals surface area contributed by atoms with Gasteiger partial charge in [0.25, 0.3) is 5.91 Å². The number of piperazine rings is 1. The number of nitrogens with one attached hydrogen (secondary N) is 1. The van der Waals surface area contributed by atoms with Crippen LogP contribution in [0.2, 0.25) is 5.15 Å². The number of ketones is 1. The molecule has 0 saturated carbocycles. The highest BCUT2D eigenvalue weighted by Gasteiger charge is 2.31. The standard InChI is InChI=1S/C22H21ClN4O3/c1-14-13-26(22(30)15-5-3-2-4-6-15)9-10-27(14)19(29)11-18(28)17-12-25-20-16(17)7-8-24-21(20)23/h2-8,12,14,25H,9-11,13H2,1H3/t14-/m1/s1. The van der Waals surface area contributed by atoms with Gasteiger partial charge in [0.1, 0.15) is 0 Å². The molecule has 0 bridgehead atoms. The summed E-state index contributed by atoms with van der Waals surface area (Å²) in [7, 11) is 0. The number of Topliss-reactive ketones (excluding diaryl/α,β-unsaturated/α-hetero) is 1. The van der Waals surface area contributed by atoms with Crippen molar-refractivity contribution in [3.8, 4) is 0 Å². The first-order valence-electron chi connectivity index (χ1n) is 9.74. The Hall–Kier alpha value is -3.19. The van der Waals surface area contributed by atoms with Gasteiger partial charge in [0.15, 0.2) is 10.9 Å². The third-order valence-corrected chi connectivity index (χ3v) is 5.71. The predicted molar refractivity (Wildman–Crippen MR) is 114 cm³/mol. The van der Waals surface area contributed by atoms with Crippen molar-refractivity contribution in [2.24, 2.45) is 0 Å². The Morgan fingerprint density at radius 1 is 1.17 bits per heavy atom. The van der Waals surface area contributed by atoms with E-state index in [-0.39, 0.29) is 35.2 Å². The van der Waals surface area contributed by atoms with Crippen molar-refractivity contribution in [1.82, 2.24) is 19.8 Å². The molecule has 1 atom stereocenters. The second-order valence-electron chi connectivity index (χ2n) is 7.38. The molecule has 3 aromatic rings. The SMILES string of the molecule is C[C@@H]1CN(C(=O)c2ccccc2)CCN1C(=O)CC(=O)c1c[nH]c2c(Cl)nccc12. The zero-order chi connectivity index (χ0) is 21.3. The van der Waals surface area contributed by atoms with Gasteiger partial charge >= 0.3 is 0 Å². The third kappa shape index (κ3) is 3.80. The molecule has 0 aliphatic carbocycles. The molecule has 1 saturated heterocycles. The quantitative estimate of drug-likeness (QED) is 0.396. The zero-order valence-corrected chi connectivity index (χ0v) is 17.2. The van der Waals surface area contributed by atoms with Crippen molar-refractivity contribution in [2.75, 3.05) is 19.6 Å². The normalized spacial score (nSPS) is 16.7. The van der Waals surface area contributed by atoms with Gasteiger partial charge in [-0.3, -0.25) is 14.4 Å². The number of rotatable bonds is 4. The summed E-state index contributed by atoms with van der Waals surface area (Å²) in [5.74, 6) is -0.563. The van der Waals surface area contributed by atoms with Crippen LogP contribution < -0.4 is 0 Å². The first-order valence-corrected chi connectivity index (χ1v) is 10.1. The summed E-state index contributed by atoms with van der Waals surface area (Å²) in [6.07, 6.45) is 2.86. The van der Waals surface area contributed by atoms with E-state index in [4.69, 9.17) is 11.6 Å². The number of aromatic amines is 1. The fourth-order valence-electron chi connectivity index (χ4n) is 3.86. The number of amides is 2. The molecular weight excluding hydrogens is 404 g/mol. The van der Waals surface area contributed by atoms with E-state index in [2.05, 4.69) is 9.97 Å². The van der Waals surface area contributed by atoms with Crippen molar-refractivity contribution < 1.29 is 14.4 Å². The van der Waals surface area contributed by atoms with Gasteiger partial charge in [0.2, 0.25) is 5.91 Å². The largest absolute Gasteiger partial charge is 0.358 e. The molecule has 2 aromatic heterocycles. The molecule has 1 fully saturated rings. The monoisotopic (exact) mass is 424 g/mol. The molecule has 2 amide bonds. The lowest BCUT2D eigenvalue weighted by Gasteiger charge is -2.40. The highest BCUT2D eigenvalue weighted by molar-refractivity contribution is 6.34. The van der Waals surface area contributed by atoms with Crippen molar-refractivity contribution in [2.45, 2.75) is 19.4 Å². The Morgan fingerprint density at radius 3 is 2.67 bits per heavy atom. The van der Waals surface area contributed by atoms with Gasteiger partial charge < -0.3 is 14.8 Å². The van der Waals surface area contributed by atoms with E-state index in [1.807, 2.05) is 25.1 Å². The molecule has 1 aliphatic heterocycles. The van der Waals surface area contributed by atoms with Gasteiger partial charge in [0, 0.05) is 54.6 Å². The van der Waals surface area contributed by atoms with Gasteiger partial charge in [-0.1, -0.05) is 29.8 Å². The fraction of sp³-hybridized carbons (Fsp3) is 0.273. The van der Waals surface area contributed by atoms with Gasteiger partial charge in [-0.05, 0) is 25.1 Å². The summed E-state index contributed by atoms with van der Waals surface area (Å²) in [6.45, 7) is 3.16. The van der Waals surface area contributed by atoms with Crippen LogP contribution in [0.1, 0.15) is 34.1 Å². The van der Waals surface area contributed by atoms with Crippen molar-refractivity contribution >= 4 is 40.1 Å². The molecule has 30 heavy (non-hydrogen) atoms. The smallest absolute Gasteiger partial charge is 0.253 e. The summed E-state index contributed by atoms with van der Waals surface area (Å²) < 4.78 is 0. The molecule has 4 rings (SSSR count). The van der Waals surface area contributed by atoms with Gasteiger partial charge in [0.05, 0.1) is 11.9 Å². The highest BCUT2D eigenvalue weighted by Crippen LogP contribution is 2.24. The molecule has 0 unspecified atom stereocenters. The number of pyridine rings is 1. The van der Waals surface area contributed by atoms with E-state index in [1.54, 1.807) is 34.2 Å². The minimum atomic E-state index is -0.275. The minimum absolute atomic E-state index is 0.0464. The van der Waals surface area contributed by atoms with E-state index in [9.17, 15) is 14.4 Å². The first-order chi connectivity index (χ1) is 14.5. The summed E-state index contributed by atoms with van der Waals surface area (Å²) >= 11 is 6.04. The van der Waals surface area contributed by atoms with Gasteiger partial charge in [-0.25, -0.2) is 4.98 Å². The second-order valence-corrected chi connectivity index (χ2v) is 7.74. The lowest BCUT2D eigenvalue weighted by atomic mass is 10.1. The topological polar surface area (TPSA) is 86.4 Å². The number of carbonyl (C=O) groups is 3. The number of aromatic nitrogens is 2. The minimum Gasteiger partial charge on any atom is -0.358 e. The van der Waals surface area contributed by atoms with E-state index in [1.165, 1.54) is 6.20 Å². The predicted octanol–water partition coefficient (Wildman–Crippen LogP) is 3.16. The van der Waals surface area contributed by atoms with Crippen LogP contribution >= 0.6 is 11.6 Å². The van der Waals surface area contributed by atoms with Crippen LogP contribution in [-0.4, -0.2) is 63.0 Å². The summed E-state index contributed by atoms with van der Waals surface area (Å²) in [6, 6.07) is 10.6. The van der Waals surface area contributed by atoms with Crippen LogP contribution in [-0.2, 0) is 4.79 Å². The average Bonchev–Trinajstić information content (AvgIpc) is 3.19. The van der Waals surface area contributed by atoms with E-state index in [0.29, 0.717) is 41.7 Å². The van der Waals surface area contributed by atoms with Gasteiger partial charge in [-0.2, -0.15) is 0 Å². The van der Waals surface area contributed by atoms with Crippen LogP contribution in [0, 0.1) is 0 Å². The number of carbonyl (C=O) groups excluding carboxylic acids is 3. The zero-order valence-electron chi connectivity index (χ0n) is 16.5. The molecule has 1 N–H and O–H groups in total. The first kappa shape index (κ1) is 20.1. The molecule has 1 aromatic carbocycles. The number of hydrogen-bond donors (Lipinski definition) is 1. The highest BCUT2D eigenvalue weighted by atomic mass is 35.5. The number of H-pyrrole nitrogens is 1. The maximum absolute atomic E-state index is 12.8. The molecule has 7 nitrogen and oxygen atoms in total. The lowest BCUT2D eigenvalue weighted by molar-refractivity contribution is -0.134. The molecule has 1 aliphatic rings. The Bertz CT molecular complexity index is 1110. The van der Waals surface area contributed by atoms with Crippen LogP contribution in [0.25, 0.3) is 10.9 Å². The molecule has 154 valence electrons. The number of benzene rings is 1. The van der Waals surface area contributed by atoms with Crippen molar-refractivity contribution in [1.29, 1.82) is 0 Å². The van der Waals surface area contributed by atoms with Crippen LogP contribution in [0.3, 0.4) is 0 Å². The number of halogens is 1. The maximum atomic E-state index is 12.8. The van der Waals surface area contributed by atoms with Crippen LogP contribution in [0.15, 0.2) is 48.8 Å². The molecular formula is C22H21ClN4O3. The van der Waals surface area contributed by atoms with Gasteiger partial charge in [-0.15, -0.1) is 0 Å². The Labute approximate surface area is 178 Å². The van der Waals surface area contributed by atoms with Crippen LogP contribution in [0.4, 0.5) is 0 Å². The van der Waals surface area contributed by atoms with E-state index in [0.717, 1.165) is 0 Å². The second kappa shape index (κ2) is 8.28. The van der Waals surface area contributed by atoms with Crippen LogP contribution in [0.5, 0.6) is 0 Å². The van der Waals surface area contributed by atoms with Crippen molar-refractivity contribution in [3.05, 3.63) is 65.1 Å². The molecule has 0 radical (unpaired) electrons. The van der Waals surface area contributed by atoms with E-state index >= 15 is 0 Å². The summed E-state index contributed by atoms with van der Waals surface area (Å²) in [5.41, 5.74) is 1.64. The number of nitrogens with zero attached hydrogens (tertiary/aromatic N) is 3. The number of fused-ring (bicyclic) bond motifs is 1. The maximum Gasteiger partial charge on any atom is 0.253 e. The van der Waals surface area contributed by atoms with E-state index < -0.39 is 0 Å². The third-order valence-electron chi connectivity index (χ3n) is 5.42. The molecule has 0 spiro atoms. The Balaban J connectivity index is 1.41. The molecule has 3 heterocycles. The average molecular weight is 425 g/mol. The fourth-order valence-corrected chi connectivity index (χ4v) is 4.07. The Kier molecular flexibility index (Phi) is 5.55. The summed E-state index contributed by atoms with van der Waals surface area (Å²) in [5, 5.41) is 0.935.